The SMILES string of the molecule is CC1(O)CC[C@@]2(Cc3ccccc3)c3ccc(COO)cc3CCC2C1. The predicted octanol–water partition coefficient (Wildman–Crippen LogP) is 4.65. The van der Waals surface area contributed by atoms with Gasteiger partial charge in [0, 0.05) is 5.41 Å². The van der Waals surface area contributed by atoms with E-state index in [0.29, 0.717) is 5.92 Å². The van der Waals surface area contributed by atoms with Crippen molar-refractivity contribution in [3.63, 3.8) is 0 Å². The summed E-state index contributed by atoms with van der Waals surface area (Å²) in [6, 6.07) is 17.3. The molecule has 2 unspecified atom stereocenters. The van der Waals surface area contributed by atoms with Gasteiger partial charge in [-0.25, -0.2) is 4.89 Å². The molecule has 0 radical (unpaired) electrons. The Labute approximate surface area is 155 Å². The molecule has 0 spiro atoms. The lowest BCUT2D eigenvalue weighted by atomic mass is 9.53. The van der Waals surface area contributed by atoms with Crippen LogP contribution in [0.15, 0.2) is 48.5 Å². The second-order valence-electron chi connectivity index (χ2n) is 8.52. The van der Waals surface area contributed by atoms with Crippen LogP contribution in [0.1, 0.15) is 54.9 Å². The molecule has 138 valence electrons. The van der Waals surface area contributed by atoms with Gasteiger partial charge in [-0.15, -0.1) is 0 Å². The molecule has 3 nitrogen and oxygen atoms in total. The summed E-state index contributed by atoms with van der Waals surface area (Å²) < 4.78 is 0. The van der Waals surface area contributed by atoms with Gasteiger partial charge in [0.05, 0.1) is 5.60 Å². The molecule has 0 amide bonds. The van der Waals surface area contributed by atoms with Crippen molar-refractivity contribution in [3.05, 3.63) is 70.8 Å². The Morgan fingerprint density at radius 2 is 1.88 bits per heavy atom. The number of rotatable bonds is 4. The van der Waals surface area contributed by atoms with Gasteiger partial charge in [0.1, 0.15) is 6.61 Å². The Morgan fingerprint density at radius 1 is 1.08 bits per heavy atom. The number of benzene rings is 2. The summed E-state index contributed by atoms with van der Waals surface area (Å²) in [5, 5.41) is 19.5. The first-order valence-corrected chi connectivity index (χ1v) is 9.67. The van der Waals surface area contributed by atoms with E-state index in [9.17, 15) is 5.11 Å². The van der Waals surface area contributed by atoms with Crippen molar-refractivity contribution in [2.75, 3.05) is 0 Å². The minimum absolute atomic E-state index is 0.0930. The van der Waals surface area contributed by atoms with Crippen LogP contribution in [0.4, 0.5) is 0 Å². The monoisotopic (exact) mass is 352 g/mol. The van der Waals surface area contributed by atoms with E-state index in [0.717, 1.165) is 44.1 Å². The normalized spacial score (nSPS) is 30.5. The maximum atomic E-state index is 10.7. The van der Waals surface area contributed by atoms with Gasteiger partial charge in [-0.3, -0.25) is 5.26 Å². The molecule has 0 saturated heterocycles. The molecule has 3 atom stereocenters. The average Bonchev–Trinajstić information content (AvgIpc) is 2.63. The number of hydrogen-bond donors (Lipinski definition) is 2. The molecule has 0 aliphatic heterocycles. The Morgan fingerprint density at radius 3 is 2.65 bits per heavy atom. The van der Waals surface area contributed by atoms with Crippen molar-refractivity contribution in [2.24, 2.45) is 5.92 Å². The molecule has 2 aromatic carbocycles. The van der Waals surface area contributed by atoms with Crippen LogP contribution in [-0.2, 0) is 29.8 Å². The Kier molecular flexibility index (Phi) is 4.64. The van der Waals surface area contributed by atoms with Crippen LogP contribution in [0, 0.1) is 5.92 Å². The van der Waals surface area contributed by atoms with Crippen LogP contribution in [0.5, 0.6) is 0 Å². The second kappa shape index (κ2) is 6.80. The van der Waals surface area contributed by atoms with Crippen LogP contribution in [0.3, 0.4) is 0 Å². The van der Waals surface area contributed by atoms with Crippen molar-refractivity contribution in [2.45, 2.75) is 63.1 Å². The molecule has 2 aromatic rings. The van der Waals surface area contributed by atoms with E-state index >= 15 is 0 Å². The van der Waals surface area contributed by atoms with Crippen molar-refractivity contribution in [3.8, 4) is 0 Å². The first-order valence-electron chi connectivity index (χ1n) is 9.67. The summed E-state index contributed by atoms with van der Waals surface area (Å²) in [4.78, 5) is 4.34. The van der Waals surface area contributed by atoms with E-state index in [4.69, 9.17) is 5.26 Å². The molecule has 1 fully saturated rings. The maximum absolute atomic E-state index is 10.7. The van der Waals surface area contributed by atoms with Gasteiger partial charge < -0.3 is 5.11 Å². The topological polar surface area (TPSA) is 49.7 Å². The molecule has 4 rings (SSSR count). The van der Waals surface area contributed by atoms with Gasteiger partial charge in [0.15, 0.2) is 0 Å². The third-order valence-electron chi connectivity index (χ3n) is 6.64. The van der Waals surface area contributed by atoms with Gasteiger partial charge in [-0.1, -0.05) is 48.5 Å². The Hall–Kier alpha value is -1.68. The highest BCUT2D eigenvalue weighted by Crippen LogP contribution is 2.54. The van der Waals surface area contributed by atoms with Crippen LogP contribution in [0.2, 0.25) is 0 Å². The molecule has 26 heavy (non-hydrogen) atoms. The second-order valence-corrected chi connectivity index (χ2v) is 8.52. The number of aliphatic hydroxyl groups is 1. The van der Waals surface area contributed by atoms with Crippen LogP contribution >= 0.6 is 0 Å². The lowest BCUT2D eigenvalue weighted by Gasteiger charge is -2.53. The molecule has 2 N–H and O–H groups in total. The smallest absolute Gasteiger partial charge is 0.107 e. The van der Waals surface area contributed by atoms with Crippen LogP contribution < -0.4 is 0 Å². The molecule has 0 heterocycles. The molecule has 2 aliphatic rings. The zero-order valence-corrected chi connectivity index (χ0v) is 15.4. The van der Waals surface area contributed by atoms with E-state index in [1.165, 1.54) is 16.7 Å². The van der Waals surface area contributed by atoms with Gasteiger partial charge in [-0.2, -0.15) is 0 Å². The highest BCUT2D eigenvalue weighted by atomic mass is 17.1. The largest absolute Gasteiger partial charge is 0.390 e. The zero-order valence-electron chi connectivity index (χ0n) is 15.4. The van der Waals surface area contributed by atoms with E-state index < -0.39 is 5.60 Å². The van der Waals surface area contributed by atoms with Gasteiger partial charge in [-0.05, 0) is 73.6 Å². The van der Waals surface area contributed by atoms with Crippen molar-refractivity contribution in [1.82, 2.24) is 0 Å². The zero-order chi connectivity index (χ0) is 18.2. The van der Waals surface area contributed by atoms with E-state index in [2.05, 4.69) is 53.4 Å². The first kappa shape index (κ1) is 17.7. The molecule has 3 heteroatoms. The molecule has 0 aromatic heterocycles. The summed E-state index contributed by atoms with van der Waals surface area (Å²) >= 11 is 0. The lowest BCUT2D eigenvalue weighted by Crippen LogP contribution is -2.50. The Bertz CT molecular complexity index is 768. The van der Waals surface area contributed by atoms with E-state index in [1.807, 2.05) is 6.92 Å². The fraction of sp³-hybridized carbons (Fsp3) is 0.478. The summed E-state index contributed by atoms with van der Waals surface area (Å²) in [7, 11) is 0. The summed E-state index contributed by atoms with van der Waals surface area (Å²) in [6.07, 6.45) is 5.91. The number of hydrogen-bond acceptors (Lipinski definition) is 3. The standard InChI is InChI=1S/C23H28O3/c1-22(24)11-12-23(14-17-5-3-2-4-6-17)20(15-22)9-8-19-13-18(16-26-25)7-10-21(19)23/h2-7,10,13,20,24-25H,8-9,11-12,14-16H2,1H3/t20?,22?,23-/m0/s1. The summed E-state index contributed by atoms with van der Waals surface area (Å²) in [6.45, 7) is 2.23. The van der Waals surface area contributed by atoms with Crippen molar-refractivity contribution in [1.29, 1.82) is 0 Å². The molecular weight excluding hydrogens is 324 g/mol. The summed E-state index contributed by atoms with van der Waals surface area (Å²) in [5.74, 6) is 0.499. The van der Waals surface area contributed by atoms with Crippen molar-refractivity contribution >= 4 is 0 Å². The molecule has 0 bridgehead atoms. The number of fused-ring (bicyclic) bond motifs is 3. The highest BCUT2D eigenvalue weighted by Gasteiger charge is 2.50. The molecule has 1 saturated carbocycles. The van der Waals surface area contributed by atoms with E-state index in [1.54, 1.807) is 0 Å². The summed E-state index contributed by atoms with van der Waals surface area (Å²) in [5.41, 5.74) is 4.75. The minimum Gasteiger partial charge on any atom is -0.390 e. The third-order valence-corrected chi connectivity index (χ3v) is 6.64. The van der Waals surface area contributed by atoms with Gasteiger partial charge in [0.2, 0.25) is 0 Å². The van der Waals surface area contributed by atoms with Crippen molar-refractivity contribution < 1.29 is 15.3 Å². The third kappa shape index (κ3) is 3.20. The minimum atomic E-state index is -0.549. The van der Waals surface area contributed by atoms with Gasteiger partial charge >= 0.3 is 0 Å². The van der Waals surface area contributed by atoms with Gasteiger partial charge in [0.25, 0.3) is 0 Å². The highest BCUT2D eigenvalue weighted by molar-refractivity contribution is 5.43. The molecule has 2 aliphatic carbocycles. The Balaban J connectivity index is 1.77. The van der Waals surface area contributed by atoms with Crippen LogP contribution in [0.25, 0.3) is 0 Å². The van der Waals surface area contributed by atoms with Crippen LogP contribution in [-0.4, -0.2) is 16.0 Å². The quantitative estimate of drug-likeness (QED) is 0.622. The fourth-order valence-electron chi connectivity index (χ4n) is 5.38. The number of aryl methyl sites for hydroxylation is 1. The van der Waals surface area contributed by atoms with E-state index in [-0.39, 0.29) is 12.0 Å². The average molecular weight is 352 g/mol. The predicted molar refractivity (Wildman–Crippen MR) is 102 cm³/mol. The fourth-order valence-corrected chi connectivity index (χ4v) is 5.38. The lowest BCUT2D eigenvalue weighted by molar-refractivity contribution is -0.253. The first-order chi connectivity index (χ1) is 12.5. The maximum Gasteiger partial charge on any atom is 0.107 e. The molecular formula is C23H28O3.